The first-order chi connectivity index (χ1) is 13.5. The molecular weight excluding hydrogens is 382 g/mol. The van der Waals surface area contributed by atoms with Gasteiger partial charge in [0, 0.05) is 10.6 Å². The number of carbonyl (C=O) groups excluding carboxylic acids is 1. The molecule has 8 heteroatoms. The number of hydrogen-bond acceptors (Lipinski definition) is 7. The normalized spacial score (nSPS) is 13.0. The highest BCUT2D eigenvalue weighted by atomic mass is 35.5. The van der Waals surface area contributed by atoms with Crippen molar-refractivity contribution in [2.45, 2.75) is 19.0 Å². The number of para-hydroxylation sites is 1. The second-order valence-electron chi connectivity index (χ2n) is 6.30. The Hall–Kier alpha value is -2.90. The lowest BCUT2D eigenvalue weighted by molar-refractivity contribution is -0.149. The van der Waals surface area contributed by atoms with Crippen molar-refractivity contribution in [3.8, 4) is 17.1 Å². The maximum atomic E-state index is 12.3. The lowest BCUT2D eigenvalue weighted by atomic mass is 10.0. The molecule has 1 N–H and O–H groups in total. The van der Waals surface area contributed by atoms with Gasteiger partial charge in [-0.2, -0.15) is 4.98 Å². The van der Waals surface area contributed by atoms with Gasteiger partial charge in [0.05, 0.1) is 13.7 Å². The molecule has 28 heavy (non-hydrogen) atoms. The van der Waals surface area contributed by atoms with Crippen LogP contribution in [0.3, 0.4) is 0 Å². The summed E-state index contributed by atoms with van der Waals surface area (Å²) in [6.07, 6.45) is 0. The van der Waals surface area contributed by atoms with Crippen molar-refractivity contribution in [2.24, 2.45) is 0 Å². The molecule has 1 heterocycles. The van der Waals surface area contributed by atoms with Crippen LogP contribution < -0.4 is 10.1 Å². The lowest BCUT2D eigenvalue weighted by Crippen LogP contribution is -2.54. The summed E-state index contributed by atoms with van der Waals surface area (Å²) < 4.78 is 15.9. The topological polar surface area (TPSA) is 86.5 Å². The molecule has 146 valence electrons. The first kappa shape index (κ1) is 19.9. The average molecular weight is 402 g/mol. The summed E-state index contributed by atoms with van der Waals surface area (Å²) in [5, 5.41) is 7.68. The monoisotopic (exact) mass is 401 g/mol. The summed E-state index contributed by atoms with van der Waals surface area (Å²) >= 11 is 5.89. The molecule has 7 nitrogen and oxygen atoms in total. The molecular formula is C20H20ClN3O4. The SMILES string of the molecule is COC(=O)C(C)(COc1ccccc1)NCc1nc(-c2ccc(Cl)cc2)no1. The molecule has 1 atom stereocenters. The Morgan fingerprint density at radius 3 is 2.57 bits per heavy atom. The van der Waals surface area contributed by atoms with E-state index in [0.717, 1.165) is 5.56 Å². The Labute approximate surface area is 167 Å². The van der Waals surface area contributed by atoms with Gasteiger partial charge in [0.15, 0.2) is 0 Å². The molecule has 1 aromatic heterocycles. The molecule has 0 spiro atoms. The maximum absolute atomic E-state index is 12.3. The van der Waals surface area contributed by atoms with Crippen molar-refractivity contribution in [3.05, 3.63) is 65.5 Å². The van der Waals surface area contributed by atoms with Crippen LogP contribution in [-0.2, 0) is 16.1 Å². The quantitative estimate of drug-likeness (QED) is 0.578. The number of ether oxygens (including phenoxy) is 2. The molecule has 0 radical (unpaired) electrons. The Kier molecular flexibility index (Phi) is 6.28. The van der Waals surface area contributed by atoms with E-state index in [0.29, 0.717) is 22.5 Å². The first-order valence-corrected chi connectivity index (χ1v) is 8.98. The van der Waals surface area contributed by atoms with Crippen LogP contribution in [0.2, 0.25) is 5.02 Å². The number of benzene rings is 2. The van der Waals surface area contributed by atoms with Gasteiger partial charge < -0.3 is 14.0 Å². The van der Waals surface area contributed by atoms with Crippen molar-refractivity contribution in [1.82, 2.24) is 15.5 Å². The van der Waals surface area contributed by atoms with Crippen molar-refractivity contribution in [1.29, 1.82) is 0 Å². The third-order valence-electron chi connectivity index (χ3n) is 4.11. The highest BCUT2D eigenvalue weighted by molar-refractivity contribution is 6.30. The van der Waals surface area contributed by atoms with E-state index < -0.39 is 11.5 Å². The fraction of sp³-hybridized carbons (Fsp3) is 0.250. The number of aromatic nitrogens is 2. The van der Waals surface area contributed by atoms with Gasteiger partial charge in [-0.3, -0.25) is 5.32 Å². The number of halogens is 1. The predicted octanol–water partition coefficient (Wildman–Crippen LogP) is 3.49. The average Bonchev–Trinajstić information content (AvgIpc) is 3.20. The summed E-state index contributed by atoms with van der Waals surface area (Å²) in [6.45, 7) is 1.93. The molecule has 0 saturated heterocycles. The molecule has 0 bridgehead atoms. The van der Waals surface area contributed by atoms with Gasteiger partial charge in [0.25, 0.3) is 0 Å². The van der Waals surface area contributed by atoms with Crippen LogP contribution in [-0.4, -0.2) is 35.4 Å². The van der Waals surface area contributed by atoms with Crippen LogP contribution in [0.15, 0.2) is 59.1 Å². The van der Waals surface area contributed by atoms with Gasteiger partial charge in [0.2, 0.25) is 11.7 Å². The van der Waals surface area contributed by atoms with E-state index in [1.165, 1.54) is 7.11 Å². The van der Waals surface area contributed by atoms with Crippen molar-refractivity contribution < 1.29 is 18.8 Å². The minimum Gasteiger partial charge on any atom is -0.491 e. The zero-order valence-electron chi connectivity index (χ0n) is 15.5. The van der Waals surface area contributed by atoms with E-state index in [-0.39, 0.29) is 13.2 Å². The highest BCUT2D eigenvalue weighted by Gasteiger charge is 2.35. The minimum atomic E-state index is -1.10. The number of nitrogens with one attached hydrogen (secondary N) is 1. The van der Waals surface area contributed by atoms with E-state index in [1.54, 1.807) is 31.2 Å². The maximum Gasteiger partial charge on any atom is 0.329 e. The number of methoxy groups -OCH3 is 1. The Balaban J connectivity index is 1.66. The van der Waals surface area contributed by atoms with Gasteiger partial charge in [-0.25, -0.2) is 4.79 Å². The minimum absolute atomic E-state index is 0.0713. The highest BCUT2D eigenvalue weighted by Crippen LogP contribution is 2.19. The van der Waals surface area contributed by atoms with E-state index in [1.807, 2.05) is 30.3 Å². The van der Waals surface area contributed by atoms with Gasteiger partial charge in [-0.15, -0.1) is 0 Å². The second kappa shape index (κ2) is 8.86. The molecule has 0 amide bonds. The predicted molar refractivity (Wildman–Crippen MR) is 104 cm³/mol. The van der Waals surface area contributed by atoms with E-state index in [4.69, 9.17) is 25.6 Å². The third-order valence-corrected chi connectivity index (χ3v) is 4.36. The van der Waals surface area contributed by atoms with E-state index in [9.17, 15) is 4.79 Å². The van der Waals surface area contributed by atoms with Gasteiger partial charge >= 0.3 is 5.97 Å². The number of hydrogen-bond donors (Lipinski definition) is 1. The van der Waals surface area contributed by atoms with Crippen LogP contribution >= 0.6 is 11.6 Å². The summed E-state index contributed by atoms with van der Waals surface area (Å²) in [5.41, 5.74) is -0.318. The molecule has 0 aliphatic rings. The van der Waals surface area contributed by atoms with Crippen LogP contribution in [0.1, 0.15) is 12.8 Å². The third kappa shape index (κ3) is 4.88. The number of nitrogens with zero attached hydrogens (tertiary/aromatic N) is 2. The van der Waals surface area contributed by atoms with Gasteiger partial charge in [0.1, 0.15) is 17.9 Å². The van der Waals surface area contributed by atoms with Crippen molar-refractivity contribution in [2.75, 3.05) is 13.7 Å². The largest absolute Gasteiger partial charge is 0.491 e. The number of esters is 1. The standard InChI is InChI=1S/C20H20ClN3O4/c1-20(19(25)26-2,13-27-16-6-4-3-5-7-16)22-12-17-23-18(24-28-17)14-8-10-15(21)11-9-14/h3-11,22H,12-13H2,1-2H3. The van der Waals surface area contributed by atoms with Crippen LogP contribution in [0.5, 0.6) is 5.75 Å². The molecule has 2 aromatic carbocycles. The van der Waals surface area contributed by atoms with Crippen LogP contribution in [0.4, 0.5) is 0 Å². The van der Waals surface area contributed by atoms with Gasteiger partial charge in [-0.05, 0) is 43.3 Å². The smallest absolute Gasteiger partial charge is 0.329 e. The zero-order chi connectivity index (χ0) is 20.0. The summed E-state index contributed by atoms with van der Waals surface area (Å²) in [5.74, 6) is 0.969. The molecule has 1 unspecified atom stereocenters. The Morgan fingerprint density at radius 2 is 1.89 bits per heavy atom. The first-order valence-electron chi connectivity index (χ1n) is 8.60. The summed E-state index contributed by atoms with van der Waals surface area (Å²) in [4.78, 5) is 16.6. The summed E-state index contributed by atoms with van der Waals surface area (Å²) in [7, 11) is 1.33. The molecule has 0 saturated carbocycles. The number of carbonyl (C=O) groups is 1. The fourth-order valence-corrected chi connectivity index (χ4v) is 2.59. The Morgan fingerprint density at radius 1 is 1.18 bits per heavy atom. The molecule has 0 fully saturated rings. The van der Waals surface area contributed by atoms with Crippen LogP contribution in [0.25, 0.3) is 11.4 Å². The van der Waals surface area contributed by atoms with E-state index in [2.05, 4.69) is 15.5 Å². The molecule has 3 aromatic rings. The molecule has 0 aliphatic carbocycles. The molecule has 3 rings (SSSR count). The number of rotatable bonds is 8. The Bertz CT molecular complexity index is 915. The van der Waals surface area contributed by atoms with E-state index >= 15 is 0 Å². The lowest BCUT2D eigenvalue weighted by Gasteiger charge is -2.27. The van der Waals surface area contributed by atoms with Crippen molar-refractivity contribution in [3.63, 3.8) is 0 Å². The summed E-state index contributed by atoms with van der Waals surface area (Å²) in [6, 6.07) is 16.3. The molecule has 0 aliphatic heterocycles. The van der Waals surface area contributed by atoms with Crippen LogP contribution in [0, 0.1) is 0 Å². The second-order valence-corrected chi connectivity index (χ2v) is 6.73. The van der Waals surface area contributed by atoms with Gasteiger partial charge in [-0.1, -0.05) is 35.0 Å². The fourth-order valence-electron chi connectivity index (χ4n) is 2.47. The van der Waals surface area contributed by atoms with Crippen molar-refractivity contribution >= 4 is 17.6 Å². The zero-order valence-corrected chi connectivity index (χ0v) is 16.3.